The first kappa shape index (κ1) is 26.7. The number of para-hydroxylation sites is 1. The molecule has 4 heterocycles. The molecule has 0 bridgehead atoms. The standard InChI is InChI=1S/C30H32N6O5/c1-18-14-21(23-4-2-3-5-24(23)32-18)16-41-22-8-6-19(7-9-22)26(37)33-25-15-36(27(38)20-10-12-31-13-11-20)17-30(25)28(39)34-29(40)35-30/h2-9,14,20,25,31H,10-13,15-17H2,1H3,(H,33,37)(H2,34,35,39,40)/t25-,30+/m1/s1. The van der Waals surface area contributed by atoms with Crippen LogP contribution < -0.4 is 26.0 Å². The van der Waals surface area contributed by atoms with Gasteiger partial charge in [-0.3, -0.25) is 24.7 Å². The third kappa shape index (κ3) is 5.20. The van der Waals surface area contributed by atoms with Crippen molar-refractivity contribution >= 4 is 34.7 Å². The molecule has 3 aliphatic rings. The fraction of sp³-hybridized carbons (Fsp3) is 0.367. The number of hydrogen-bond donors (Lipinski definition) is 4. The molecule has 11 nitrogen and oxygen atoms in total. The lowest BCUT2D eigenvalue weighted by Crippen LogP contribution is -2.62. The average Bonchev–Trinajstić information content (AvgIpc) is 3.49. The number of fused-ring (bicyclic) bond motifs is 1. The van der Waals surface area contributed by atoms with Crippen LogP contribution in [0, 0.1) is 12.8 Å². The number of likely N-dealkylation sites (tertiary alicyclic amines) is 1. The maximum atomic E-state index is 13.3. The summed E-state index contributed by atoms with van der Waals surface area (Å²) < 4.78 is 6.01. The van der Waals surface area contributed by atoms with Gasteiger partial charge in [0.1, 0.15) is 12.4 Å². The maximum absolute atomic E-state index is 13.3. The number of pyridine rings is 1. The molecule has 212 valence electrons. The zero-order valence-electron chi connectivity index (χ0n) is 22.7. The van der Waals surface area contributed by atoms with Crippen LogP contribution in [0.4, 0.5) is 4.79 Å². The smallest absolute Gasteiger partial charge is 0.322 e. The molecule has 1 aromatic heterocycles. The number of amides is 5. The summed E-state index contributed by atoms with van der Waals surface area (Å²) in [4.78, 5) is 57.7. The molecule has 41 heavy (non-hydrogen) atoms. The van der Waals surface area contributed by atoms with Crippen LogP contribution in [0.25, 0.3) is 10.9 Å². The van der Waals surface area contributed by atoms with E-state index in [2.05, 4.69) is 26.3 Å². The second-order valence-electron chi connectivity index (χ2n) is 10.9. The van der Waals surface area contributed by atoms with Crippen LogP contribution in [-0.4, -0.2) is 71.4 Å². The van der Waals surface area contributed by atoms with Gasteiger partial charge in [-0.05, 0) is 69.3 Å². The molecule has 0 unspecified atom stereocenters. The van der Waals surface area contributed by atoms with Crippen molar-refractivity contribution in [1.82, 2.24) is 31.2 Å². The van der Waals surface area contributed by atoms with Gasteiger partial charge in [0.2, 0.25) is 5.91 Å². The first-order valence-electron chi connectivity index (χ1n) is 13.8. The summed E-state index contributed by atoms with van der Waals surface area (Å²) >= 11 is 0. The van der Waals surface area contributed by atoms with Crippen LogP contribution in [0.3, 0.4) is 0 Å². The van der Waals surface area contributed by atoms with E-state index in [1.54, 1.807) is 29.2 Å². The van der Waals surface area contributed by atoms with Crippen molar-refractivity contribution in [3.63, 3.8) is 0 Å². The minimum absolute atomic E-state index is 0.00816. The Hall–Kier alpha value is -4.51. The third-order valence-corrected chi connectivity index (χ3v) is 8.15. The number of imide groups is 1. The molecule has 2 atom stereocenters. The Bertz CT molecular complexity index is 1520. The highest BCUT2D eigenvalue weighted by molar-refractivity contribution is 6.09. The number of urea groups is 1. The van der Waals surface area contributed by atoms with Gasteiger partial charge < -0.3 is 25.6 Å². The Morgan fingerprint density at radius 2 is 1.85 bits per heavy atom. The van der Waals surface area contributed by atoms with Crippen LogP contribution in [0.2, 0.25) is 0 Å². The number of benzene rings is 2. The predicted octanol–water partition coefficient (Wildman–Crippen LogP) is 1.64. The molecule has 3 fully saturated rings. The fourth-order valence-electron chi connectivity index (χ4n) is 6.00. The summed E-state index contributed by atoms with van der Waals surface area (Å²) in [7, 11) is 0. The lowest BCUT2D eigenvalue weighted by Gasteiger charge is -2.28. The monoisotopic (exact) mass is 556 g/mol. The number of aromatic nitrogens is 1. The highest BCUT2D eigenvalue weighted by Crippen LogP contribution is 2.29. The van der Waals surface area contributed by atoms with Crippen molar-refractivity contribution < 1.29 is 23.9 Å². The molecule has 5 amide bonds. The molecule has 3 saturated heterocycles. The van der Waals surface area contributed by atoms with Gasteiger partial charge in [0.05, 0.1) is 18.1 Å². The van der Waals surface area contributed by atoms with E-state index in [-0.39, 0.29) is 24.9 Å². The number of nitrogens with one attached hydrogen (secondary N) is 4. The lowest BCUT2D eigenvalue weighted by atomic mass is 9.93. The van der Waals surface area contributed by atoms with Crippen molar-refractivity contribution in [3.8, 4) is 5.75 Å². The summed E-state index contributed by atoms with van der Waals surface area (Å²) in [6.45, 7) is 3.93. The summed E-state index contributed by atoms with van der Waals surface area (Å²) in [6, 6.07) is 15.2. The Labute approximate surface area is 237 Å². The first-order chi connectivity index (χ1) is 19.8. The minimum atomic E-state index is -1.41. The van der Waals surface area contributed by atoms with E-state index >= 15 is 0 Å². The van der Waals surface area contributed by atoms with Crippen molar-refractivity contribution in [2.75, 3.05) is 26.2 Å². The topological polar surface area (TPSA) is 142 Å². The predicted molar refractivity (Wildman–Crippen MR) is 150 cm³/mol. The quantitative estimate of drug-likeness (QED) is 0.338. The van der Waals surface area contributed by atoms with Crippen molar-refractivity contribution in [1.29, 1.82) is 0 Å². The van der Waals surface area contributed by atoms with Crippen LogP contribution >= 0.6 is 0 Å². The lowest BCUT2D eigenvalue weighted by molar-refractivity contribution is -0.135. The van der Waals surface area contributed by atoms with Crippen molar-refractivity contribution in [2.45, 2.75) is 38.0 Å². The highest BCUT2D eigenvalue weighted by atomic mass is 16.5. The zero-order valence-corrected chi connectivity index (χ0v) is 22.7. The van der Waals surface area contributed by atoms with Crippen LogP contribution in [-0.2, 0) is 16.2 Å². The molecule has 1 spiro atoms. The number of ether oxygens (including phenoxy) is 1. The van der Waals surface area contributed by atoms with Gasteiger partial charge in [-0.1, -0.05) is 18.2 Å². The van der Waals surface area contributed by atoms with Crippen molar-refractivity contribution in [2.24, 2.45) is 5.92 Å². The largest absolute Gasteiger partial charge is 0.489 e. The van der Waals surface area contributed by atoms with Gasteiger partial charge in [-0.15, -0.1) is 0 Å². The third-order valence-electron chi connectivity index (χ3n) is 8.15. The summed E-state index contributed by atoms with van der Waals surface area (Å²) in [5.74, 6) is -0.573. The first-order valence-corrected chi connectivity index (χ1v) is 13.8. The Morgan fingerprint density at radius 1 is 1.10 bits per heavy atom. The number of hydrogen-bond acceptors (Lipinski definition) is 7. The molecule has 2 aromatic carbocycles. The summed E-state index contributed by atoms with van der Waals surface area (Å²) in [6.07, 6.45) is 1.42. The molecule has 4 N–H and O–H groups in total. The number of piperidine rings is 1. The maximum Gasteiger partial charge on any atom is 0.322 e. The summed E-state index contributed by atoms with van der Waals surface area (Å²) in [5, 5.41) is 12.1. The van der Waals surface area contributed by atoms with Crippen LogP contribution in [0.15, 0.2) is 54.6 Å². The molecule has 0 aliphatic carbocycles. The van der Waals surface area contributed by atoms with E-state index in [1.165, 1.54) is 0 Å². The Morgan fingerprint density at radius 3 is 2.59 bits per heavy atom. The Balaban J connectivity index is 1.14. The molecular weight excluding hydrogens is 524 g/mol. The number of rotatable bonds is 6. The van der Waals surface area contributed by atoms with Gasteiger partial charge in [-0.2, -0.15) is 0 Å². The van der Waals surface area contributed by atoms with E-state index in [0.717, 1.165) is 35.2 Å². The number of aryl methyl sites for hydroxylation is 1. The molecule has 0 radical (unpaired) electrons. The van der Waals surface area contributed by atoms with Gasteiger partial charge in [0, 0.05) is 34.7 Å². The van der Waals surface area contributed by atoms with Gasteiger partial charge in [0.25, 0.3) is 11.8 Å². The molecular formula is C30H32N6O5. The van der Waals surface area contributed by atoms with Gasteiger partial charge in [0.15, 0.2) is 5.54 Å². The number of carbonyl (C=O) groups excluding carboxylic acids is 4. The normalized spacial score (nSPS) is 22.6. The van der Waals surface area contributed by atoms with E-state index < -0.39 is 29.4 Å². The molecule has 3 aliphatic heterocycles. The number of nitrogens with zero attached hydrogens (tertiary/aromatic N) is 2. The molecule has 0 saturated carbocycles. The molecule has 11 heteroatoms. The van der Waals surface area contributed by atoms with Crippen LogP contribution in [0.5, 0.6) is 5.75 Å². The molecule has 6 rings (SSSR count). The highest BCUT2D eigenvalue weighted by Gasteiger charge is 2.59. The van der Waals surface area contributed by atoms with Crippen molar-refractivity contribution in [3.05, 3.63) is 71.4 Å². The Kier molecular flexibility index (Phi) is 7.04. The fourth-order valence-corrected chi connectivity index (χ4v) is 6.00. The molecule has 3 aromatic rings. The second-order valence-corrected chi connectivity index (χ2v) is 10.9. The summed E-state index contributed by atoms with van der Waals surface area (Å²) in [5.41, 5.74) is 1.78. The zero-order chi connectivity index (χ0) is 28.6. The second kappa shape index (κ2) is 10.8. The van der Waals surface area contributed by atoms with E-state index in [1.807, 2.05) is 37.3 Å². The minimum Gasteiger partial charge on any atom is -0.489 e. The number of carbonyl (C=O) groups is 4. The van der Waals surface area contributed by atoms with E-state index in [4.69, 9.17) is 4.74 Å². The van der Waals surface area contributed by atoms with E-state index in [0.29, 0.717) is 30.8 Å². The van der Waals surface area contributed by atoms with E-state index in [9.17, 15) is 19.2 Å². The SMILES string of the molecule is Cc1cc(COc2ccc(C(=O)N[C@@H]3CN(C(=O)C4CCNCC4)C[C@]34NC(=O)NC4=O)cc2)c2ccccc2n1. The average molecular weight is 557 g/mol. The van der Waals surface area contributed by atoms with Gasteiger partial charge in [-0.25, -0.2) is 4.79 Å². The van der Waals surface area contributed by atoms with Crippen LogP contribution in [0.1, 0.15) is 34.5 Å². The van der Waals surface area contributed by atoms with Gasteiger partial charge >= 0.3 is 6.03 Å².